The van der Waals surface area contributed by atoms with Crippen LogP contribution in [0, 0.1) is 0 Å². The zero-order chi connectivity index (χ0) is 25.9. The Bertz CT molecular complexity index is 1470. The second-order valence-corrected chi connectivity index (χ2v) is 10.6. The standard InChI is InChI=1S/C28H27BrClN3O3/c1-5-35-25-14-19(8-13-24(25)36-17-18-6-10-21(30)11-7-18)16-31-33-26(34)22-15-20(29)9-12-23(22)32-27(33)28(2,3)4/h6-16H,5,17H2,1-4H3. The van der Waals surface area contributed by atoms with Gasteiger partial charge in [-0.2, -0.15) is 9.78 Å². The molecular weight excluding hydrogens is 542 g/mol. The maximum absolute atomic E-state index is 13.4. The maximum atomic E-state index is 13.4. The Balaban J connectivity index is 1.67. The molecule has 3 aromatic carbocycles. The highest BCUT2D eigenvalue weighted by Crippen LogP contribution is 2.29. The highest BCUT2D eigenvalue weighted by atomic mass is 79.9. The predicted molar refractivity (Wildman–Crippen MR) is 149 cm³/mol. The molecule has 8 heteroatoms. The molecule has 0 spiro atoms. The van der Waals surface area contributed by atoms with Gasteiger partial charge in [0.2, 0.25) is 0 Å². The van der Waals surface area contributed by atoms with Gasteiger partial charge >= 0.3 is 0 Å². The van der Waals surface area contributed by atoms with E-state index in [1.54, 1.807) is 12.3 Å². The molecule has 0 unspecified atom stereocenters. The van der Waals surface area contributed by atoms with Gasteiger partial charge < -0.3 is 9.47 Å². The van der Waals surface area contributed by atoms with Gasteiger partial charge in [0, 0.05) is 14.9 Å². The van der Waals surface area contributed by atoms with Crippen LogP contribution in [0.2, 0.25) is 5.02 Å². The molecular formula is C28H27BrClN3O3. The van der Waals surface area contributed by atoms with Crippen molar-refractivity contribution in [3.63, 3.8) is 0 Å². The molecule has 0 N–H and O–H groups in total. The van der Waals surface area contributed by atoms with Gasteiger partial charge in [0.25, 0.3) is 5.56 Å². The van der Waals surface area contributed by atoms with E-state index in [1.807, 2.05) is 82.3 Å². The van der Waals surface area contributed by atoms with Crippen LogP contribution in [0.3, 0.4) is 0 Å². The van der Waals surface area contributed by atoms with E-state index < -0.39 is 5.41 Å². The number of fused-ring (bicyclic) bond motifs is 1. The zero-order valence-corrected chi connectivity index (χ0v) is 22.9. The second-order valence-electron chi connectivity index (χ2n) is 9.26. The summed E-state index contributed by atoms with van der Waals surface area (Å²) < 4.78 is 14.0. The fraction of sp³-hybridized carbons (Fsp3) is 0.250. The summed E-state index contributed by atoms with van der Waals surface area (Å²) in [6.07, 6.45) is 1.63. The van der Waals surface area contributed by atoms with Gasteiger partial charge in [-0.3, -0.25) is 4.79 Å². The van der Waals surface area contributed by atoms with Gasteiger partial charge in [-0.25, -0.2) is 4.98 Å². The molecule has 0 fully saturated rings. The Morgan fingerprint density at radius 3 is 2.47 bits per heavy atom. The molecule has 6 nitrogen and oxygen atoms in total. The van der Waals surface area contributed by atoms with Crippen molar-refractivity contribution in [1.82, 2.24) is 9.66 Å². The van der Waals surface area contributed by atoms with E-state index in [4.69, 9.17) is 26.1 Å². The lowest BCUT2D eigenvalue weighted by atomic mass is 9.95. The Morgan fingerprint density at radius 1 is 1.03 bits per heavy atom. The van der Waals surface area contributed by atoms with Crippen molar-refractivity contribution >= 4 is 44.6 Å². The maximum Gasteiger partial charge on any atom is 0.282 e. The summed E-state index contributed by atoms with van der Waals surface area (Å²) in [5, 5.41) is 5.72. The van der Waals surface area contributed by atoms with E-state index in [1.165, 1.54) is 4.68 Å². The average molecular weight is 569 g/mol. The fourth-order valence-electron chi connectivity index (χ4n) is 3.60. The number of halogens is 2. The predicted octanol–water partition coefficient (Wildman–Crippen LogP) is 6.97. The molecule has 186 valence electrons. The van der Waals surface area contributed by atoms with Crippen molar-refractivity contribution in [3.8, 4) is 11.5 Å². The molecule has 0 radical (unpaired) electrons. The van der Waals surface area contributed by atoms with E-state index in [-0.39, 0.29) is 5.56 Å². The summed E-state index contributed by atoms with van der Waals surface area (Å²) >= 11 is 9.41. The zero-order valence-electron chi connectivity index (χ0n) is 20.6. The fourth-order valence-corrected chi connectivity index (χ4v) is 4.09. The summed E-state index contributed by atoms with van der Waals surface area (Å²) in [4.78, 5) is 18.1. The molecule has 0 aliphatic carbocycles. The van der Waals surface area contributed by atoms with E-state index in [0.717, 1.165) is 15.6 Å². The van der Waals surface area contributed by atoms with Crippen LogP contribution in [0.15, 0.2) is 75.0 Å². The summed E-state index contributed by atoms with van der Waals surface area (Å²) in [5.74, 6) is 1.79. The minimum atomic E-state index is -0.395. The van der Waals surface area contributed by atoms with Gasteiger partial charge in [0.05, 0.1) is 23.7 Å². The van der Waals surface area contributed by atoms with Crippen LogP contribution >= 0.6 is 27.5 Å². The minimum absolute atomic E-state index is 0.226. The first-order valence-electron chi connectivity index (χ1n) is 11.6. The van der Waals surface area contributed by atoms with Crippen molar-refractivity contribution < 1.29 is 9.47 Å². The van der Waals surface area contributed by atoms with Crippen molar-refractivity contribution in [3.05, 3.63) is 97.5 Å². The van der Waals surface area contributed by atoms with Gasteiger partial charge in [-0.1, -0.05) is 60.4 Å². The van der Waals surface area contributed by atoms with Crippen LogP contribution in [0.1, 0.15) is 44.6 Å². The molecule has 1 heterocycles. The third-order valence-electron chi connectivity index (χ3n) is 5.38. The minimum Gasteiger partial charge on any atom is -0.490 e. The van der Waals surface area contributed by atoms with Gasteiger partial charge in [0.1, 0.15) is 12.4 Å². The van der Waals surface area contributed by atoms with E-state index in [0.29, 0.717) is 46.5 Å². The summed E-state index contributed by atoms with van der Waals surface area (Å²) in [6.45, 7) is 8.79. The lowest BCUT2D eigenvalue weighted by Crippen LogP contribution is -2.29. The first-order chi connectivity index (χ1) is 17.2. The lowest BCUT2D eigenvalue weighted by molar-refractivity contribution is 0.269. The number of benzene rings is 3. The Morgan fingerprint density at radius 2 is 1.78 bits per heavy atom. The van der Waals surface area contributed by atoms with Crippen LogP contribution in [-0.2, 0) is 12.0 Å². The number of rotatable bonds is 7. The molecule has 0 atom stereocenters. The smallest absolute Gasteiger partial charge is 0.282 e. The third kappa shape index (κ3) is 5.97. The summed E-state index contributed by atoms with van der Waals surface area (Å²) in [5.41, 5.74) is 1.78. The van der Waals surface area contributed by atoms with Gasteiger partial charge in [-0.15, -0.1) is 0 Å². The lowest BCUT2D eigenvalue weighted by Gasteiger charge is -2.21. The Hall–Kier alpha value is -3.16. The number of hydrogen-bond acceptors (Lipinski definition) is 5. The molecule has 4 aromatic rings. The first kappa shape index (κ1) is 25.9. The summed E-state index contributed by atoms with van der Waals surface area (Å²) in [6, 6.07) is 18.5. The molecule has 0 bridgehead atoms. The van der Waals surface area contributed by atoms with Crippen LogP contribution in [0.25, 0.3) is 10.9 Å². The number of aromatic nitrogens is 2. The van der Waals surface area contributed by atoms with E-state index in [2.05, 4.69) is 21.0 Å². The number of hydrogen-bond donors (Lipinski definition) is 0. The number of ether oxygens (including phenoxy) is 2. The van der Waals surface area contributed by atoms with Crippen LogP contribution in [-0.4, -0.2) is 22.5 Å². The normalized spacial score (nSPS) is 11.8. The highest BCUT2D eigenvalue weighted by molar-refractivity contribution is 9.10. The van der Waals surface area contributed by atoms with Gasteiger partial charge in [0.15, 0.2) is 11.5 Å². The molecule has 36 heavy (non-hydrogen) atoms. The number of nitrogens with zero attached hydrogens (tertiary/aromatic N) is 3. The average Bonchev–Trinajstić information content (AvgIpc) is 2.83. The van der Waals surface area contributed by atoms with Crippen molar-refractivity contribution in [2.45, 2.75) is 39.7 Å². The SMILES string of the molecule is CCOc1cc(C=Nn2c(C(C)(C)C)nc3ccc(Br)cc3c2=O)ccc1OCc1ccc(Cl)cc1. The van der Waals surface area contributed by atoms with Gasteiger partial charge in [-0.05, 0) is 66.6 Å². The van der Waals surface area contributed by atoms with Crippen molar-refractivity contribution in [2.24, 2.45) is 5.10 Å². The Labute approximate surface area is 223 Å². The Kier molecular flexibility index (Phi) is 7.81. The second kappa shape index (κ2) is 10.8. The van der Waals surface area contributed by atoms with Crippen LogP contribution in [0.5, 0.6) is 11.5 Å². The van der Waals surface area contributed by atoms with Crippen LogP contribution < -0.4 is 15.0 Å². The van der Waals surface area contributed by atoms with Crippen molar-refractivity contribution in [2.75, 3.05) is 6.61 Å². The largest absolute Gasteiger partial charge is 0.490 e. The van der Waals surface area contributed by atoms with Crippen molar-refractivity contribution in [1.29, 1.82) is 0 Å². The topological polar surface area (TPSA) is 65.7 Å². The highest BCUT2D eigenvalue weighted by Gasteiger charge is 2.23. The van der Waals surface area contributed by atoms with Crippen LogP contribution in [0.4, 0.5) is 0 Å². The van der Waals surface area contributed by atoms with E-state index in [9.17, 15) is 4.79 Å². The molecule has 0 saturated heterocycles. The van der Waals surface area contributed by atoms with E-state index >= 15 is 0 Å². The summed E-state index contributed by atoms with van der Waals surface area (Å²) in [7, 11) is 0. The quantitative estimate of drug-likeness (QED) is 0.226. The molecule has 0 aliphatic rings. The monoisotopic (exact) mass is 567 g/mol. The first-order valence-corrected chi connectivity index (χ1v) is 12.7. The third-order valence-corrected chi connectivity index (χ3v) is 6.12. The molecule has 1 aromatic heterocycles. The molecule has 0 aliphatic heterocycles. The molecule has 4 rings (SSSR count). The molecule has 0 saturated carbocycles. The molecule has 0 amide bonds.